The number of esters is 6. The fourth-order valence-corrected chi connectivity index (χ4v) is 7.37. The molecule has 0 spiro atoms. The fraction of sp³-hybridized carbons (Fsp3) is 0.244. The third-order valence-corrected chi connectivity index (χ3v) is 10.6. The summed E-state index contributed by atoms with van der Waals surface area (Å²) in [7, 11) is 0. The van der Waals surface area contributed by atoms with E-state index in [1.54, 1.807) is 0 Å². The second kappa shape index (κ2) is 17.7. The molecule has 0 amide bonds. The Morgan fingerprint density at radius 2 is 1.04 bits per heavy atom. The van der Waals surface area contributed by atoms with Gasteiger partial charge in [0.05, 0.1) is 34.6 Å². The molecule has 0 aromatic heterocycles. The molecule has 13 N–H and O–H groups in total. The van der Waals surface area contributed by atoms with Crippen LogP contribution in [-0.2, 0) is 42.8 Å². The lowest BCUT2D eigenvalue weighted by Crippen LogP contribution is -2.63. The highest BCUT2D eigenvalue weighted by Gasteiger charge is 2.57. The van der Waals surface area contributed by atoms with Gasteiger partial charge in [0.2, 0.25) is 18.1 Å². The maximum Gasteiger partial charge on any atom is 0.341 e. The minimum absolute atomic E-state index is 0.449. The van der Waals surface area contributed by atoms with E-state index in [1.165, 1.54) is 0 Å². The smallest absolute Gasteiger partial charge is 0.341 e. The van der Waals surface area contributed by atoms with Gasteiger partial charge in [-0.3, -0.25) is 9.59 Å². The molecule has 3 aliphatic heterocycles. The predicted molar refractivity (Wildman–Crippen MR) is 207 cm³/mol. The summed E-state index contributed by atoms with van der Waals surface area (Å²) in [6, 6.07) is 3.84. The Labute approximate surface area is 375 Å². The molecule has 27 nitrogen and oxygen atoms in total. The Balaban J connectivity index is 1.44. The van der Waals surface area contributed by atoms with Crippen molar-refractivity contribution in [3.05, 3.63) is 70.3 Å². The van der Waals surface area contributed by atoms with E-state index in [0.29, 0.717) is 42.5 Å². The first-order chi connectivity index (χ1) is 32.0. The maximum absolute atomic E-state index is 14.5. The molecule has 0 radical (unpaired) electrons. The number of aliphatic carboxylic acids is 1. The molecule has 2 bridgehead atoms. The summed E-state index contributed by atoms with van der Waals surface area (Å²) >= 11 is 0. The third kappa shape index (κ3) is 8.58. The van der Waals surface area contributed by atoms with Crippen molar-refractivity contribution in [1.29, 1.82) is 0 Å². The van der Waals surface area contributed by atoms with E-state index in [1.807, 2.05) is 0 Å². The van der Waals surface area contributed by atoms with Gasteiger partial charge in [0.1, 0.15) is 12.7 Å². The minimum Gasteiger partial charge on any atom is -0.504 e. The molecule has 4 aromatic carbocycles. The molecule has 3 aliphatic rings. The third-order valence-electron chi connectivity index (χ3n) is 10.6. The van der Waals surface area contributed by atoms with Crippen molar-refractivity contribution < 1.29 is 133 Å². The number of carboxylic acids is 1. The van der Waals surface area contributed by atoms with E-state index < -0.39 is 200 Å². The predicted octanol–water partition coefficient (Wildman–Crippen LogP) is 0.0179. The largest absolute Gasteiger partial charge is 0.504 e. The summed E-state index contributed by atoms with van der Waals surface area (Å²) in [6.45, 7) is -1.28. The zero-order valence-corrected chi connectivity index (χ0v) is 33.6. The summed E-state index contributed by atoms with van der Waals surface area (Å²) in [5, 5.41) is 133. The molecule has 3 heterocycles. The molecule has 7 rings (SSSR count). The van der Waals surface area contributed by atoms with Crippen LogP contribution in [0.4, 0.5) is 0 Å². The second-order valence-electron chi connectivity index (χ2n) is 14.9. The first kappa shape index (κ1) is 46.9. The Kier molecular flexibility index (Phi) is 12.2. The zero-order valence-electron chi connectivity index (χ0n) is 33.6. The standard InChI is InChI=1S/C41H32O27/c42-15-1-10(2-16(43)26(15)51)35(56)62-9-22-31-33(66-36(57)11-3-17(44)27(52)18(45)4-11)34(41(63-22)68-37(58)12-5-19(46)28(53)20(47)6-12)67-38(59)13-7-21(48)29(54)32-25(13)24(30(55)40(61)65-32)14(8-23(49)50)39(60)64-31/h1-7,14,22,24,30-31,33-34,41-48,51-55H,8-9H2,(H,49,50)/t14?,22?,24?,30-,31?,33?,34?,41?/m1/s1. The van der Waals surface area contributed by atoms with Gasteiger partial charge >= 0.3 is 41.8 Å². The van der Waals surface area contributed by atoms with Gasteiger partial charge in [-0.05, 0) is 42.5 Å². The van der Waals surface area contributed by atoms with Crippen LogP contribution in [0.5, 0.6) is 69.0 Å². The quantitative estimate of drug-likeness (QED) is 0.0455. The van der Waals surface area contributed by atoms with Gasteiger partial charge in [-0.15, -0.1) is 0 Å². The van der Waals surface area contributed by atoms with Crippen molar-refractivity contribution in [2.75, 3.05) is 6.61 Å². The van der Waals surface area contributed by atoms with Crippen LogP contribution in [-0.4, -0.2) is 152 Å². The van der Waals surface area contributed by atoms with Gasteiger partial charge in [-0.2, -0.15) is 0 Å². The number of hydrogen-bond acceptors (Lipinski definition) is 26. The molecule has 358 valence electrons. The number of carboxylic acid groups (broad SMARTS) is 1. The van der Waals surface area contributed by atoms with Crippen molar-refractivity contribution in [3.63, 3.8) is 0 Å². The van der Waals surface area contributed by atoms with Crippen LogP contribution in [0.3, 0.4) is 0 Å². The topological polar surface area (TPSA) is 447 Å². The van der Waals surface area contributed by atoms with Gasteiger partial charge in [-0.25, -0.2) is 24.0 Å². The summed E-state index contributed by atoms with van der Waals surface area (Å²) < 4.78 is 38.6. The normalized spacial score (nSPS) is 23.0. The number of aliphatic hydroxyl groups excluding tert-OH is 1. The van der Waals surface area contributed by atoms with E-state index in [2.05, 4.69) is 0 Å². The molecule has 7 unspecified atom stereocenters. The van der Waals surface area contributed by atoms with Crippen LogP contribution < -0.4 is 4.74 Å². The van der Waals surface area contributed by atoms with Crippen LogP contribution >= 0.6 is 0 Å². The number of benzene rings is 4. The van der Waals surface area contributed by atoms with Crippen LogP contribution in [0.15, 0.2) is 42.5 Å². The molecule has 68 heavy (non-hydrogen) atoms. The number of phenols is 11. The SMILES string of the molecule is O=C(O)CC1C(=O)OC2C(COC(=O)c3cc(O)c(O)c(O)c3)OC(OC(=O)c3cc(O)c(O)c(O)c3)C(OC(=O)c3cc(O)c(O)c4c3C1[C@@H](O)C(=O)O4)C2OC(=O)c1cc(O)c(O)c(O)c1. The number of fused-ring (bicyclic) bond motifs is 2. The van der Waals surface area contributed by atoms with E-state index in [-0.39, 0.29) is 0 Å². The average molecular weight is 957 g/mol. The zero-order chi connectivity index (χ0) is 49.8. The van der Waals surface area contributed by atoms with E-state index >= 15 is 0 Å². The second-order valence-corrected chi connectivity index (χ2v) is 14.9. The van der Waals surface area contributed by atoms with Crippen LogP contribution in [0.25, 0.3) is 0 Å². The first-order valence-electron chi connectivity index (χ1n) is 19.1. The lowest BCUT2D eigenvalue weighted by atomic mass is 9.76. The fourth-order valence-electron chi connectivity index (χ4n) is 7.37. The van der Waals surface area contributed by atoms with Crippen LogP contribution in [0, 0.1) is 5.92 Å². The lowest BCUT2D eigenvalue weighted by molar-refractivity contribution is -0.287. The minimum atomic E-state index is -2.57. The molecule has 0 saturated carbocycles. The number of carbonyl (C=O) groups excluding carboxylic acids is 6. The monoisotopic (exact) mass is 956 g/mol. The summed E-state index contributed by atoms with van der Waals surface area (Å²) in [5.74, 6) is -29.8. The average Bonchev–Trinajstić information content (AvgIpc) is 3.28. The molecule has 0 aliphatic carbocycles. The van der Waals surface area contributed by atoms with Gasteiger partial charge in [0, 0.05) is 11.5 Å². The van der Waals surface area contributed by atoms with Crippen LogP contribution in [0.1, 0.15) is 59.3 Å². The van der Waals surface area contributed by atoms with Gasteiger partial charge in [0.15, 0.2) is 81.6 Å². The van der Waals surface area contributed by atoms with Crippen molar-refractivity contribution in [2.45, 2.75) is 49.1 Å². The lowest BCUT2D eigenvalue weighted by Gasteiger charge is -2.44. The van der Waals surface area contributed by atoms with Gasteiger partial charge in [-0.1, -0.05) is 0 Å². The highest BCUT2D eigenvalue weighted by atomic mass is 16.7. The molecule has 1 fully saturated rings. The van der Waals surface area contributed by atoms with E-state index in [9.17, 15) is 99.9 Å². The summed E-state index contributed by atoms with van der Waals surface area (Å²) in [5.41, 5.74) is -4.15. The Morgan fingerprint density at radius 3 is 1.54 bits per heavy atom. The Hall–Kier alpha value is -9.11. The summed E-state index contributed by atoms with van der Waals surface area (Å²) in [6.07, 6.45) is -16.3. The number of hydrogen-bond donors (Lipinski definition) is 13. The number of phenolic OH excluding ortho intramolecular Hbond substituents is 11. The van der Waals surface area contributed by atoms with Crippen molar-refractivity contribution in [2.24, 2.45) is 5.92 Å². The highest BCUT2D eigenvalue weighted by molar-refractivity contribution is 5.98. The Bertz CT molecular complexity index is 2750. The van der Waals surface area contributed by atoms with E-state index in [4.69, 9.17) is 33.2 Å². The van der Waals surface area contributed by atoms with E-state index in [0.717, 1.165) is 0 Å². The summed E-state index contributed by atoms with van der Waals surface area (Å²) in [4.78, 5) is 95.4. The Morgan fingerprint density at radius 1 is 0.574 bits per heavy atom. The maximum atomic E-state index is 14.5. The molecular weight excluding hydrogens is 924 g/mol. The van der Waals surface area contributed by atoms with Crippen molar-refractivity contribution in [1.82, 2.24) is 0 Å². The number of aromatic hydroxyl groups is 11. The van der Waals surface area contributed by atoms with Crippen LogP contribution in [0.2, 0.25) is 0 Å². The van der Waals surface area contributed by atoms with Crippen molar-refractivity contribution >= 4 is 41.8 Å². The van der Waals surface area contributed by atoms with Gasteiger partial charge < -0.3 is 99.5 Å². The molecule has 8 atom stereocenters. The molecule has 4 aromatic rings. The number of aliphatic hydroxyl groups is 1. The van der Waals surface area contributed by atoms with Gasteiger partial charge in [0.25, 0.3) is 0 Å². The molecule has 1 saturated heterocycles. The number of carbonyl (C=O) groups is 7. The molecular formula is C41H32O27. The molecule has 27 heteroatoms. The first-order valence-corrected chi connectivity index (χ1v) is 19.1. The number of rotatable bonds is 9. The van der Waals surface area contributed by atoms with Crippen molar-refractivity contribution in [3.8, 4) is 69.0 Å². The number of ether oxygens (including phenoxy) is 7. The highest BCUT2D eigenvalue weighted by Crippen LogP contribution is 2.51.